The molecule has 4 aromatic rings. The second kappa shape index (κ2) is 14.7. The van der Waals surface area contributed by atoms with E-state index in [-0.39, 0.29) is 37.3 Å². The Morgan fingerprint density at radius 1 is 0.809 bits per heavy atom. The predicted molar refractivity (Wildman–Crippen MR) is 164 cm³/mol. The summed E-state index contributed by atoms with van der Waals surface area (Å²) in [5, 5.41) is 11.7. The quantitative estimate of drug-likeness (QED) is 0.107. The summed E-state index contributed by atoms with van der Waals surface area (Å²) in [4.78, 5) is 14.6. The van der Waals surface area contributed by atoms with Crippen molar-refractivity contribution >= 4 is 5.91 Å². The molecule has 47 heavy (non-hydrogen) atoms. The van der Waals surface area contributed by atoms with E-state index in [0.717, 1.165) is 11.1 Å². The van der Waals surface area contributed by atoms with E-state index in [0.29, 0.717) is 17.7 Å². The van der Waals surface area contributed by atoms with Crippen molar-refractivity contribution in [3.8, 4) is 0 Å². The number of hydrogen-bond acceptors (Lipinski definition) is 5. The van der Waals surface area contributed by atoms with Gasteiger partial charge in [-0.05, 0) is 36.2 Å². The largest absolute Gasteiger partial charge is 0.392 e. The smallest absolute Gasteiger partial charge is 0.257 e. The SMILES string of the molecule is C[C@H]1[C@@H](CN(C)[C@@H](C)c2ccccc2)O[C@@H](c2ccc(CNC(=O)c3c(F)c(F)c(F)c(F)c3F)cc2)O[C@H]1c1ccc(CO)cc1. The van der Waals surface area contributed by atoms with E-state index in [2.05, 4.69) is 36.2 Å². The van der Waals surface area contributed by atoms with E-state index < -0.39 is 46.8 Å². The number of nitrogens with zero attached hydrogens (tertiary/aromatic N) is 1. The number of ether oxygens (including phenoxy) is 2. The van der Waals surface area contributed by atoms with Crippen molar-refractivity contribution < 1.29 is 41.3 Å². The van der Waals surface area contributed by atoms with Crippen LogP contribution in [-0.2, 0) is 22.6 Å². The Kier molecular flexibility index (Phi) is 10.7. The molecule has 0 radical (unpaired) electrons. The first-order chi connectivity index (χ1) is 22.5. The van der Waals surface area contributed by atoms with Gasteiger partial charge in [-0.3, -0.25) is 9.69 Å². The molecule has 11 heteroatoms. The number of nitrogens with one attached hydrogen (secondary N) is 1. The molecule has 5 atom stereocenters. The van der Waals surface area contributed by atoms with Crippen molar-refractivity contribution in [2.75, 3.05) is 13.6 Å². The molecule has 4 aromatic carbocycles. The Bertz CT molecular complexity index is 1660. The molecule has 248 valence electrons. The van der Waals surface area contributed by atoms with Crippen LogP contribution in [-0.4, -0.2) is 35.6 Å². The summed E-state index contributed by atoms with van der Waals surface area (Å²) in [7, 11) is 2.04. The molecular weight excluding hydrogens is 619 g/mol. The lowest BCUT2D eigenvalue weighted by molar-refractivity contribution is -0.276. The van der Waals surface area contributed by atoms with Crippen LogP contribution in [0.4, 0.5) is 22.0 Å². The third kappa shape index (κ3) is 7.38. The molecule has 0 bridgehead atoms. The first-order valence-corrected chi connectivity index (χ1v) is 15.1. The van der Waals surface area contributed by atoms with Crippen LogP contribution in [0, 0.1) is 35.0 Å². The molecular formula is C36H35F5N2O4. The van der Waals surface area contributed by atoms with Crippen LogP contribution < -0.4 is 5.32 Å². The minimum atomic E-state index is -2.34. The average Bonchev–Trinajstić information content (AvgIpc) is 3.10. The number of hydrogen-bond donors (Lipinski definition) is 2. The molecule has 1 aliphatic heterocycles. The van der Waals surface area contributed by atoms with E-state index in [1.165, 1.54) is 5.56 Å². The number of amides is 1. The summed E-state index contributed by atoms with van der Waals surface area (Å²) in [6, 6.07) is 24.6. The number of carbonyl (C=O) groups is 1. The van der Waals surface area contributed by atoms with E-state index in [9.17, 15) is 31.9 Å². The molecule has 2 N–H and O–H groups in total. The first-order valence-electron chi connectivity index (χ1n) is 15.1. The third-order valence-corrected chi connectivity index (χ3v) is 8.68. The van der Waals surface area contributed by atoms with E-state index in [1.54, 1.807) is 24.3 Å². The van der Waals surface area contributed by atoms with Gasteiger partial charge in [0.05, 0.1) is 18.8 Å². The summed E-state index contributed by atoms with van der Waals surface area (Å²) >= 11 is 0. The molecule has 0 aromatic heterocycles. The lowest BCUT2D eigenvalue weighted by Gasteiger charge is -2.43. The maximum Gasteiger partial charge on any atom is 0.257 e. The van der Waals surface area contributed by atoms with E-state index in [4.69, 9.17) is 9.47 Å². The predicted octanol–water partition coefficient (Wildman–Crippen LogP) is 7.29. The van der Waals surface area contributed by atoms with Crippen LogP contribution in [0.2, 0.25) is 0 Å². The number of halogens is 5. The number of rotatable bonds is 10. The van der Waals surface area contributed by atoms with Gasteiger partial charge in [0, 0.05) is 30.6 Å². The third-order valence-electron chi connectivity index (χ3n) is 8.68. The Balaban J connectivity index is 1.33. The Labute approximate surface area is 269 Å². The van der Waals surface area contributed by atoms with Crippen molar-refractivity contribution in [1.82, 2.24) is 10.2 Å². The van der Waals surface area contributed by atoms with E-state index in [1.807, 2.05) is 49.5 Å². The summed E-state index contributed by atoms with van der Waals surface area (Å²) in [5.74, 6) is -12.6. The maximum absolute atomic E-state index is 14.1. The van der Waals surface area contributed by atoms with Gasteiger partial charge in [-0.25, -0.2) is 22.0 Å². The second-order valence-electron chi connectivity index (χ2n) is 11.7. The molecule has 0 spiro atoms. The summed E-state index contributed by atoms with van der Waals surface area (Å²) in [5.41, 5.74) is 2.50. The zero-order valence-corrected chi connectivity index (χ0v) is 26.0. The molecule has 1 amide bonds. The van der Waals surface area contributed by atoms with Crippen molar-refractivity contribution in [3.05, 3.63) is 141 Å². The normalized spacial score (nSPS) is 20.3. The fraction of sp³-hybridized carbons (Fsp3) is 0.306. The lowest BCUT2D eigenvalue weighted by Crippen LogP contribution is -2.44. The van der Waals surface area contributed by atoms with Crippen LogP contribution in [0.5, 0.6) is 0 Å². The number of aliphatic hydroxyl groups excluding tert-OH is 1. The van der Waals surface area contributed by atoms with Gasteiger partial charge in [-0.2, -0.15) is 0 Å². The van der Waals surface area contributed by atoms with Crippen LogP contribution in [0.25, 0.3) is 0 Å². The molecule has 1 heterocycles. The highest BCUT2D eigenvalue weighted by Crippen LogP contribution is 2.42. The maximum atomic E-state index is 14.1. The van der Waals surface area contributed by atoms with Crippen LogP contribution in [0.1, 0.15) is 70.5 Å². The van der Waals surface area contributed by atoms with Crippen molar-refractivity contribution in [2.45, 2.75) is 51.5 Å². The molecule has 5 rings (SSSR count). The van der Waals surface area contributed by atoms with Crippen molar-refractivity contribution in [1.29, 1.82) is 0 Å². The minimum Gasteiger partial charge on any atom is -0.392 e. The molecule has 0 aliphatic carbocycles. The van der Waals surface area contributed by atoms with Gasteiger partial charge in [0.2, 0.25) is 5.82 Å². The Hall–Kier alpha value is -4.16. The molecule has 1 aliphatic rings. The zero-order valence-electron chi connectivity index (χ0n) is 26.0. The van der Waals surface area contributed by atoms with Crippen LogP contribution in [0.3, 0.4) is 0 Å². The lowest BCUT2D eigenvalue weighted by atomic mass is 9.89. The van der Waals surface area contributed by atoms with Gasteiger partial charge >= 0.3 is 0 Å². The van der Waals surface area contributed by atoms with Gasteiger partial charge < -0.3 is 19.9 Å². The highest BCUT2D eigenvalue weighted by Gasteiger charge is 2.39. The Morgan fingerprint density at radius 3 is 1.96 bits per heavy atom. The topological polar surface area (TPSA) is 71.0 Å². The highest BCUT2D eigenvalue weighted by atomic mass is 19.2. The molecule has 1 fully saturated rings. The average molecular weight is 655 g/mol. The number of aliphatic hydroxyl groups is 1. The number of likely N-dealkylation sites (N-methyl/N-ethyl adjacent to an activating group) is 1. The highest BCUT2D eigenvalue weighted by molar-refractivity contribution is 5.94. The Morgan fingerprint density at radius 2 is 1.36 bits per heavy atom. The molecule has 1 saturated heterocycles. The van der Waals surface area contributed by atoms with Gasteiger partial charge in [-0.1, -0.05) is 85.8 Å². The fourth-order valence-corrected chi connectivity index (χ4v) is 5.62. The fourth-order valence-electron chi connectivity index (χ4n) is 5.62. The monoisotopic (exact) mass is 654 g/mol. The molecule has 6 nitrogen and oxygen atoms in total. The molecule has 0 unspecified atom stereocenters. The van der Waals surface area contributed by atoms with E-state index >= 15 is 0 Å². The van der Waals surface area contributed by atoms with Gasteiger partial charge in [-0.15, -0.1) is 0 Å². The van der Waals surface area contributed by atoms with Crippen LogP contribution >= 0.6 is 0 Å². The van der Waals surface area contributed by atoms with Crippen molar-refractivity contribution in [3.63, 3.8) is 0 Å². The van der Waals surface area contributed by atoms with Gasteiger partial charge in [0.25, 0.3) is 5.91 Å². The number of carbonyl (C=O) groups excluding carboxylic acids is 1. The standard InChI is InChI=1S/C36H35F5N2O4/c1-20-27(18-43(3)21(2)24-7-5-4-6-8-24)46-36(47-34(20)25-13-11-23(19-44)12-14-25)26-15-9-22(10-16-26)17-42-35(45)28-29(37)31(39)33(41)32(40)30(28)38/h4-16,20-21,27,34,36,44H,17-19H2,1-3H3,(H,42,45)/t20-,21-,27+,34+,36+/m0/s1. The van der Waals surface area contributed by atoms with Gasteiger partial charge in [0.15, 0.2) is 29.6 Å². The number of benzene rings is 4. The second-order valence-corrected chi connectivity index (χ2v) is 11.7. The molecule has 0 saturated carbocycles. The summed E-state index contributed by atoms with van der Waals surface area (Å²) in [6.07, 6.45) is -1.35. The zero-order chi connectivity index (χ0) is 33.8. The van der Waals surface area contributed by atoms with Crippen molar-refractivity contribution in [2.24, 2.45) is 5.92 Å². The summed E-state index contributed by atoms with van der Waals surface area (Å²) in [6.45, 7) is 4.48. The van der Waals surface area contributed by atoms with Crippen LogP contribution in [0.15, 0.2) is 78.9 Å². The van der Waals surface area contributed by atoms with Gasteiger partial charge in [0.1, 0.15) is 5.56 Å². The summed E-state index contributed by atoms with van der Waals surface area (Å²) < 4.78 is 81.7. The minimum absolute atomic E-state index is 0.0481. The first kappa shape index (κ1) is 34.2.